The van der Waals surface area contributed by atoms with E-state index in [0.717, 1.165) is 33.3 Å². The van der Waals surface area contributed by atoms with Gasteiger partial charge in [-0.05, 0) is 65.6 Å². The maximum Gasteiger partial charge on any atom is 0.274 e. The second kappa shape index (κ2) is 6.92. The first-order valence-electron chi connectivity index (χ1n) is 10.6. The number of nitrogens with zero attached hydrogens (tertiary/aromatic N) is 2. The van der Waals surface area contributed by atoms with E-state index in [-0.39, 0.29) is 16.4 Å². The van der Waals surface area contributed by atoms with Gasteiger partial charge in [-0.1, -0.05) is 58.9 Å². The number of hydrogen-bond acceptors (Lipinski definition) is 4. The Morgan fingerprint density at radius 2 is 1.58 bits per heavy atom. The molecule has 5 heteroatoms. The van der Waals surface area contributed by atoms with E-state index in [9.17, 15) is 9.90 Å². The molecule has 4 nitrogen and oxygen atoms in total. The van der Waals surface area contributed by atoms with Crippen molar-refractivity contribution in [1.29, 1.82) is 0 Å². The molecule has 31 heavy (non-hydrogen) atoms. The number of phenols is 1. The van der Waals surface area contributed by atoms with Crippen molar-refractivity contribution in [3.63, 3.8) is 0 Å². The molecule has 4 rings (SSSR count). The Morgan fingerprint density at radius 1 is 1.00 bits per heavy atom. The van der Waals surface area contributed by atoms with E-state index in [1.165, 1.54) is 16.9 Å². The van der Waals surface area contributed by atoms with Crippen molar-refractivity contribution < 1.29 is 5.11 Å². The Morgan fingerprint density at radius 3 is 2.13 bits per heavy atom. The normalized spacial score (nSPS) is 13.6. The third-order valence-corrected chi connectivity index (χ3v) is 6.95. The summed E-state index contributed by atoms with van der Waals surface area (Å²) in [5.41, 5.74) is 6.24. The van der Waals surface area contributed by atoms with Crippen LogP contribution in [-0.4, -0.2) is 14.5 Å². The molecule has 0 radical (unpaired) electrons. The number of benzene rings is 2. The van der Waals surface area contributed by atoms with Crippen LogP contribution in [0, 0.1) is 13.8 Å². The number of fused-ring (bicyclic) bond motifs is 3. The van der Waals surface area contributed by atoms with Crippen LogP contribution in [0.4, 0.5) is 0 Å². The summed E-state index contributed by atoms with van der Waals surface area (Å²) >= 11 is 1.41. The van der Waals surface area contributed by atoms with E-state index < -0.39 is 0 Å². The zero-order valence-electron chi connectivity index (χ0n) is 19.5. The first-order chi connectivity index (χ1) is 14.3. The molecule has 4 aromatic rings. The van der Waals surface area contributed by atoms with E-state index in [0.29, 0.717) is 15.2 Å². The first-order valence-corrected chi connectivity index (χ1v) is 11.4. The molecule has 0 bridgehead atoms. The number of imidazole rings is 1. The van der Waals surface area contributed by atoms with Crippen molar-refractivity contribution in [1.82, 2.24) is 9.38 Å². The van der Waals surface area contributed by atoms with Gasteiger partial charge in [-0.15, -0.1) is 0 Å². The van der Waals surface area contributed by atoms with Crippen molar-refractivity contribution in [3.8, 4) is 5.75 Å². The van der Waals surface area contributed by atoms with Crippen molar-refractivity contribution in [3.05, 3.63) is 67.0 Å². The van der Waals surface area contributed by atoms with Crippen LogP contribution in [-0.2, 0) is 10.8 Å². The van der Waals surface area contributed by atoms with Gasteiger partial charge in [0.1, 0.15) is 5.75 Å². The van der Waals surface area contributed by atoms with Crippen LogP contribution >= 0.6 is 11.3 Å². The Hall–Kier alpha value is -2.66. The lowest BCUT2D eigenvalue weighted by Gasteiger charge is -2.27. The van der Waals surface area contributed by atoms with Crippen molar-refractivity contribution >= 4 is 33.4 Å². The van der Waals surface area contributed by atoms with Crippen LogP contribution in [0.3, 0.4) is 0 Å². The number of aromatic nitrogens is 2. The van der Waals surface area contributed by atoms with E-state index in [1.54, 1.807) is 4.40 Å². The van der Waals surface area contributed by atoms with E-state index in [2.05, 4.69) is 48.5 Å². The standard InChI is InChI=1S/C26H30N2O2S/c1-14-9-10-19-21(15(14)2)27-24-28(19)23(30)20(31-24)13-16-11-17(25(3,4)5)22(29)18(12-16)26(6,7)8/h9-13,29H,1-8H3. The molecule has 2 aromatic heterocycles. The second-order valence-corrected chi connectivity index (χ2v) is 11.5. The van der Waals surface area contributed by atoms with Crippen molar-refractivity contribution in [2.45, 2.75) is 66.2 Å². The summed E-state index contributed by atoms with van der Waals surface area (Å²) in [5, 5.41) is 11.0. The molecule has 162 valence electrons. The Kier molecular flexibility index (Phi) is 4.82. The predicted octanol–water partition coefficient (Wildman–Crippen LogP) is 5.37. The van der Waals surface area contributed by atoms with Gasteiger partial charge in [0.25, 0.3) is 5.56 Å². The molecule has 0 aliphatic rings. The molecule has 0 atom stereocenters. The lowest BCUT2D eigenvalue weighted by molar-refractivity contribution is 0.423. The Labute approximate surface area is 186 Å². The quantitative estimate of drug-likeness (QED) is 0.438. The van der Waals surface area contributed by atoms with Crippen LogP contribution in [0.25, 0.3) is 22.1 Å². The predicted molar refractivity (Wildman–Crippen MR) is 131 cm³/mol. The molecular formula is C26H30N2O2S. The van der Waals surface area contributed by atoms with Crippen LogP contribution in [0.2, 0.25) is 0 Å². The third-order valence-electron chi connectivity index (χ3n) is 5.98. The average Bonchev–Trinajstić information content (AvgIpc) is 3.15. The highest BCUT2D eigenvalue weighted by Gasteiger charge is 2.26. The van der Waals surface area contributed by atoms with E-state index in [1.807, 2.05) is 37.3 Å². The van der Waals surface area contributed by atoms with Gasteiger partial charge in [0.15, 0.2) is 4.96 Å². The van der Waals surface area contributed by atoms with Gasteiger partial charge >= 0.3 is 0 Å². The fourth-order valence-electron chi connectivity index (χ4n) is 4.00. The fraction of sp³-hybridized carbons (Fsp3) is 0.385. The lowest BCUT2D eigenvalue weighted by atomic mass is 9.78. The Bertz CT molecular complexity index is 1410. The highest BCUT2D eigenvalue weighted by atomic mass is 32.1. The molecular weight excluding hydrogens is 404 g/mol. The SMILES string of the molecule is Cc1ccc2c(nc3sc(=Cc4cc(C(C)(C)C)c(O)c(C(C)(C)C)c4)c(=O)n32)c1C. The molecule has 2 aromatic carbocycles. The fourth-order valence-corrected chi connectivity index (χ4v) is 4.98. The Balaban J connectivity index is 2.00. The minimum atomic E-state index is -0.218. The molecule has 0 amide bonds. The van der Waals surface area contributed by atoms with Gasteiger partial charge < -0.3 is 5.11 Å². The van der Waals surface area contributed by atoms with Crippen LogP contribution < -0.4 is 10.1 Å². The van der Waals surface area contributed by atoms with E-state index in [4.69, 9.17) is 4.98 Å². The molecule has 0 saturated heterocycles. The molecule has 1 N–H and O–H groups in total. The number of aromatic hydroxyl groups is 1. The van der Waals surface area contributed by atoms with Crippen LogP contribution in [0.5, 0.6) is 5.75 Å². The summed E-state index contributed by atoms with van der Waals surface area (Å²) in [6.45, 7) is 16.6. The van der Waals surface area contributed by atoms with Gasteiger partial charge in [-0.3, -0.25) is 4.79 Å². The number of phenolic OH excluding ortho intramolecular Hbond substituents is 1. The zero-order valence-corrected chi connectivity index (χ0v) is 20.4. The largest absolute Gasteiger partial charge is 0.507 e. The van der Waals surface area contributed by atoms with Crippen LogP contribution in [0.1, 0.15) is 69.4 Å². The molecule has 2 heterocycles. The minimum absolute atomic E-state index is 0.0477. The smallest absolute Gasteiger partial charge is 0.274 e. The van der Waals surface area contributed by atoms with Gasteiger partial charge in [0, 0.05) is 11.1 Å². The van der Waals surface area contributed by atoms with Gasteiger partial charge in [0.2, 0.25) is 0 Å². The van der Waals surface area contributed by atoms with Gasteiger partial charge in [-0.2, -0.15) is 0 Å². The summed E-state index contributed by atoms with van der Waals surface area (Å²) in [6.07, 6.45) is 1.93. The van der Waals surface area contributed by atoms with Crippen LogP contribution in [0.15, 0.2) is 29.1 Å². The number of rotatable bonds is 1. The molecule has 0 spiro atoms. The summed E-state index contributed by atoms with van der Waals surface area (Å²) < 4.78 is 2.36. The maximum absolute atomic E-state index is 13.3. The second-order valence-electron chi connectivity index (χ2n) is 10.5. The topological polar surface area (TPSA) is 54.6 Å². The van der Waals surface area contributed by atoms with Gasteiger partial charge in [0.05, 0.1) is 15.6 Å². The molecule has 0 unspecified atom stereocenters. The van der Waals surface area contributed by atoms with Crippen molar-refractivity contribution in [2.75, 3.05) is 0 Å². The highest BCUT2D eigenvalue weighted by molar-refractivity contribution is 7.15. The number of hydrogen-bond donors (Lipinski definition) is 1. The number of thiazole rings is 1. The summed E-state index contributed by atoms with van der Waals surface area (Å²) in [4.78, 5) is 18.7. The third kappa shape index (κ3) is 3.55. The summed E-state index contributed by atoms with van der Waals surface area (Å²) in [6, 6.07) is 8.01. The summed E-state index contributed by atoms with van der Waals surface area (Å²) in [7, 11) is 0. The molecule has 0 aliphatic carbocycles. The molecule has 0 saturated carbocycles. The van der Waals surface area contributed by atoms with E-state index >= 15 is 0 Å². The van der Waals surface area contributed by atoms with Gasteiger partial charge in [-0.25, -0.2) is 9.38 Å². The minimum Gasteiger partial charge on any atom is -0.507 e. The number of aryl methyl sites for hydroxylation is 2. The zero-order chi connectivity index (χ0) is 22.9. The monoisotopic (exact) mass is 434 g/mol. The highest BCUT2D eigenvalue weighted by Crippen LogP contribution is 2.39. The summed E-state index contributed by atoms with van der Waals surface area (Å²) in [5.74, 6) is 0.345. The molecule has 0 aliphatic heterocycles. The first kappa shape index (κ1) is 21.6. The average molecular weight is 435 g/mol. The molecule has 0 fully saturated rings. The lowest BCUT2D eigenvalue weighted by Crippen LogP contribution is -2.23. The van der Waals surface area contributed by atoms with Crippen molar-refractivity contribution in [2.24, 2.45) is 0 Å². The maximum atomic E-state index is 13.3.